The molecule has 0 aliphatic rings. The maximum absolute atomic E-state index is 7.24. The van der Waals surface area contributed by atoms with Gasteiger partial charge in [0.1, 0.15) is 0 Å². The van der Waals surface area contributed by atoms with E-state index in [1.807, 2.05) is 18.9 Å². The summed E-state index contributed by atoms with van der Waals surface area (Å²) in [6.07, 6.45) is 0. The predicted octanol–water partition coefficient (Wildman–Crippen LogP) is 1.01. The smallest absolute Gasteiger partial charge is 0.0926 e. The summed E-state index contributed by atoms with van der Waals surface area (Å²) in [7, 11) is 3.65. The van der Waals surface area contributed by atoms with E-state index in [1.54, 1.807) is 14.0 Å². The molecule has 0 aromatic rings. The molecular formula is C7H15N3. The predicted molar refractivity (Wildman–Crippen MR) is 45.1 cm³/mol. The lowest BCUT2D eigenvalue weighted by Crippen LogP contribution is -2.28. The second-order valence-electron chi connectivity index (χ2n) is 2.40. The van der Waals surface area contributed by atoms with E-state index in [-0.39, 0.29) is 0 Å². The Kier molecular flexibility index (Phi) is 3.69. The van der Waals surface area contributed by atoms with Gasteiger partial charge in [0.2, 0.25) is 0 Å². The SMILES string of the molecule is CN=C(C)CN(C)C(C)=N. The standard InChI is InChI=1S/C7H15N3/c1-6(9-3)5-10(4)7(2)8/h8H,5H2,1-4H3. The molecule has 0 aliphatic heterocycles. The van der Waals surface area contributed by atoms with Gasteiger partial charge in [0.25, 0.3) is 0 Å². The Morgan fingerprint density at radius 3 is 2.30 bits per heavy atom. The minimum atomic E-state index is 0.572. The molecule has 0 saturated carbocycles. The molecule has 58 valence electrons. The van der Waals surface area contributed by atoms with E-state index in [0.717, 1.165) is 12.3 Å². The Balaban J connectivity index is 3.80. The van der Waals surface area contributed by atoms with Gasteiger partial charge in [0, 0.05) is 19.8 Å². The van der Waals surface area contributed by atoms with Crippen molar-refractivity contribution in [2.24, 2.45) is 4.99 Å². The summed E-state index contributed by atoms with van der Waals surface area (Å²) >= 11 is 0. The second-order valence-corrected chi connectivity index (χ2v) is 2.40. The summed E-state index contributed by atoms with van der Waals surface area (Å²) in [6.45, 7) is 4.48. The Morgan fingerprint density at radius 2 is 2.00 bits per heavy atom. The first kappa shape index (κ1) is 9.14. The van der Waals surface area contributed by atoms with Crippen molar-refractivity contribution >= 4 is 11.5 Å². The molecule has 0 rings (SSSR count). The maximum Gasteiger partial charge on any atom is 0.0926 e. The molecule has 0 aliphatic carbocycles. The highest BCUT2D eigenvalue weighted by atomic mass is 15.1. The monoisotopic (exact) mass is 141 g/mol. The maximum atomic E-state index is 7.24. The quantitative estimate of drug-likeness (QED) is 0.452. The molecule has 0 fully saturated rings. The number of nitrogens with one attached hydrogen (secondary N) is 1. The number of aliphatic imine (C=N–C) groups is 1. The second kappa shape index (κ2) is 4.04. The highest BCUT2D eigenvalue weighted by molar-refractivity contribution is 5.88. The van der Waals surface area contributed by atoms with E-state index in [0.29, 0.717) is 5.84 Å². The number of amidine groups is 1. The fourth-order valence-corrected chi connectivity index (χ4v) is 0.533. The molecule has 0 atom stereocenters. The van der Waals surface area contributed by atoms with Crippen LogP contribution in [0.1, 0.15) is 13.8 Å². The normalized spacial score (nSPS) is 11.4. The summed E-state index contributed by atoms with van der Waals surface area (Å²) in [5.74, 6) is 0.572. The molecule has 0 aromatic carbocycles. The molecule has 0 bridgehead atoms. The van der Waals surface area contributed by atoms with Crippen LogP contribution in [0.25, 0.3) is 0 Å². The molecule has 1 N–H and O–H groups in total. The van der Waals surface area contributed by atoms with Crippen LogP contribution in [-0.4, -0.2) is 37.1 Å². The summed E-state index contributed by atoms with van der Waals surface area (Å²) in [6, 6.07) is 0. The van der Waals surface area contributed by atoms with Gasteiger partial charge in [-0.25, -0.2) is 0 Å². The molecule has 0 aromatic heterocycles. The first-order chi connectivity index (χ1) is 4.57. The van der Waals surface area contributed by atoms with Crippen molar-refractivity contribution in [1.29, 1.82) is 5.41 Å². The van der Waals surface area contributed by atoms with Crippen LogP contribution >= 0.6 is 0 Å². The minimum absolute atomic E-state index is 0.572. The van der Waals surface area contributed by atoms with E-state index >= 15 is 0 Å². The van der Waals surface area contributed by atoms with Gasteiger partial charge in [-0.1, -0.05) is 0 Å². The molecule has 0 spiro atoms. The number of nitrogens with zero attached hydrogens (tertiary/aromatic N) is 2. The first-order valence-corrected chi connectivity index (χ1v) is 3.26. The molecular weight excluding hydrogens is 126 g/mol. The van der Waals surface area contributed by atoms with Gasteiger partial charge in [0.05, 0.1) is 12.4 Å². The van der Waals surface area contributed by atoms with Crippen molar-refractivity contribution in [3.05, 3.63) is 0 Å². The van der Waals surface area contributed by atoms with E-state index in [4.69, 9.17) is 5.41 Å². The lowest BCUT2D eigenvalue weighted by atomic mass is 10.4. The third kappa shape index (κ3) is 3.22. The van der Waals surface area contributed by atoms with E-state index in [1.165, 1.54) is 0 Å². The van der Waals surface area contributed by atoms with Crippen LogP contribution in [0.4, 0.5) is 0 Å². The Bertz CT molecular complexity index is 149. The largest absolute Gasteiger partial charge is 0.358 e. The molecule has 0 unspecified atom stereocenters. The fraction of sp³-hybridized carbons (Fsp3) is 0.714. The van der Waals surface area contributed by atoms with Gasteiger partial charge in [-0.15, -0.1) is 0 Å². The zero-order valence-corrected chi connectivity index (χ0v) is 7.10. The zero-order chi connectivity index (χ0) is 8.15. The van der Waals surface area contributed by atoms with Crippen molar-refractivity contribution < 1.29 is 0 Å². The Hall–Kier alpha value is -0.860. The summed E-state index contributed by atoms with van der Waals surface area (Å²) in [4.78, 5) is 5.84. The van der Waals surface area contributed by atoms with Crippen LogP contribution in [-0.2, 0) is 0 Å². The van der Waals surface area contributed by atoms with Crippen LogP contribution < -0.4 is 0 Å². The van der Waals surface area contributed by atoms with Crippen molar-refractivity contribution in [1.82, 2.24) is 4.90 Å². The fourth-order valence-electron chi connectivity index (χ4n) is 0.533. The lowest BCUT2D eigenvalue weighted by Gasteiger charge is -2.16. The number of rotatable bonds is 2. The van der Waals surface area contributed by atoms with Crippen molar-refractivity contribution in [2.45, 2.75) is 13.8 Å². The van der Waals surface area contributed by atoms with Crippen molar-refractivity contribution in [3.8, 4) is 0 Å². The molecule has 0 amide bonds. The van der Waals surface area contributed by atoms with Gasteiger partial charge < -0.3 is 4.90 Å². The van der Waals surface area contributed by atoms with Gasteiger partial charge >= 0.3 is 0 Å². The van der Waals surface area contributed by atoms with Crippen molar-refractivity contribution in [3.63, 3.8) is 0 Å². The van der Waals surface area contributed by atoms with Crippen LogP contribution in [0.5, 0.6) is 0 Å². The molecule has 10 heavy (non-hydrogen) atoms. The van der Waals surface area contributed by atoms with Crippen LogP contribution in [0.2, 0.25) is 0 Å². The van der Waals surface area contributed by atoms with Gasteiger partial charge in [-0.05, 0) is 13.8 Å². The summed E-state index contributed by atoms with van der Waals surface area (Å²) in [5.41, 5.74) is 1.05. The minimum Gasteiger partial charge on any atom is -0.358 e. The molecule has 3 heteroatoms. The summed E-state index contributed by atoms with van der Waals surface area (Å²) < 4.78 is 0. The topological polar surface area (TPSA) is 39.5 Å². The highest BCUT2D eigenvalue weighted by Gasteiger charge is 1.98. The molecule has 0 heterocycles. The average molecular weight is 141 g/mol. The molecule has 0 radical (unpaired) electrons. The zero-order valence-electron chi connectivity index (χ0n) is 7.10. The third-order valence-electron chi connectivity index (χ3n) is 1.42. The van der Waals surface area contributed by atoms with Gasteiger partial charge in [-0.2, -0.15) is 0 Å². The third-order valence-corrected chi connectivity index (χ3v) is 1.42. The molecule has 0 saturated heterocycles. The van der Waals surface area contributed by atoms with Crippen LogP contribution in [0.3, 0.4) is 0 Å². The van der Waals surface area contributed by atoms with E-state index < -0.39 is 0 Å². The number of hydrogen-bond acceptors (Lipinski definition) is 2. The molecule has 3 nitrogen and oxygen atoms in total. The van der Waals surface area contributed by atoms with Gasteiger partial charge in [0.15, 0.2) is 0 Å². The first-order valence-electron chi connectivity index (χ1n) is 3.26. The van der Waals surface area contributed by atoms with Gasteiger partial charge in [-0.3, -0.25) is 10.4 Å². The van der Waals surface area contributed by atoms with Crippen LogP contribution in [0.15, 0.2) is 4.99 Å². The Labute approximate surface area is 62.3 Å². The lowest BCUT2D eigenvalue weighted by molar-refractivity contribution is 0.570. The van der Waals surface area contributed by atoms with E-state index in [2.05, 4.69) is 4.99 Å². The highest BCUT2D eigenvalue weighted by Crippen LogP contribution is 1.85. The van der Waals surface area contributed by atoms with Crippen molar-refractivity contribution in [2.75, 3.05) is 20.6 Å². The average Bonchev–Trinajstić information content (AvgIpc) is 1.87. The van der Waals surface area contributed by atoms with E-state index in [9.17, 15) is 0 Å². The van der Waals surface area contributed by atoms with Crippen LogP contribution in [0, 0.1) is 5.41 Å². The number of hydrogen-bond donors (Lipinski definition) is 1. The Morgan fingerprint density at radius 1 is 1.50 bits per heavy atom. The summed E-state index contributed by atoms with van der Waals surface area (Å²) in [5, 5.41) is 7.24.